The SMILES string of the molecule is Cc1nnc2n(CCCN3CCN(C(c4ccccc4)c4ccccc4)CC3)c(=O)c3ccc(C(F)(F)F)cc3n12. The molecule has 3 heterocycles. The molecule has 1 fully saturated rings. The van der Waals surface area contributed by atoms with E-state index in [-0.39, 0.29) is 28.3 Å². The molecule has 0 N–H and O–H groups in total. The number of alkyl halides is 3. The van der Waals surface area contributed by atoms with Crippen LogP contribution in [0.4, 0.5) is 13.2 Å². The predicted octanol–water partition coefficient (Wildman–Crippen LogP) is 5.17. The van der Waals surface area contributed by atoms with Crippen LogP contribution >= 0.6 is 0 Å². The lowest BCUT2D eigenvalue weighted by atomic mass is 9.96. The highest BCUT2D eigenvalue weighted by atomic mass is 19.4. The average Bonchev–Trinajstić information content (AvgIpc) is 3.37. The lowest BCUT2D eigenvalue weighted by Gasteiger charge is -2.39. The zero-order valence-electron chi connectivity index (χ0n) is 22.8. The number of aryl methyl sites for hydroxylation is 2. The van der Waals surface area contributed by atoms with Gasteiger partial charge in [-0.15, -0.1) is 10.2 Å². The molecule has 2 aromatic heterocycles. The Hall–Kier alpha value is -4.02. The van der Waals surface area contributed by atoms with Gasteiger partial charge >= 0.3 is 6.18 Å². The fraction of sp³-hybridized carbons (Fsp3) is 0.323. The van der Waals surface area contributed by atoms with Gasteiger partial charge in [-0.25, -0.2) is 0 Å². The van der Waals surface area contributed by atoms with Crippen molar-refractivity contribution in [2.24, 2.45) is 0 Å². The van der Waals surface area contributed by atoms with Gasteiger partial charge in [0.2, 0.25) is 5.78 Å². The van der Waals surface area contributed by atoms with E-state index < -0.39 is 11.7 Å². The summed E-state index contributed by atoms with van der Waals surface area (Å²) >= 11 is 0. The molecule has 41 heavy (non-hydrogen) atoms. The van der Waals surface area contributed by atoms with Gasteiger partial charge < -0.3 is 4.90 Å². The first-order chi connectivity index (χ1) is 19.8. The first kappa shape index (κ1) is 27.2. The van der Waals surface area contributed by atoms with Crippen molar-refractivity contribution in [3.63, 3.8) is 0 Å². The summed E-state index contributed by atoms with van der Waals surface area (Å²) in [6, 6.07) is 24.5. The molecule has 3 aromatic carbocycles. The van der Waals surface area contributed by atoms with Crippen molar-refractivity contribution in [1.82, 2.24) is 29.0 Å². The van der Waals surface area contributed by atoms with Crippen LogP contribution in [0, 0.1) is 6.92 Å². The van der Waals surface area contributed by atoms with Gasteiger partial charge in [0.1, 0.15) is 5.82 Å². The van der Waals surface area contributed by atoms with E-state index in [0.29, 0.717) is 18.8 Å². The van der Waals surface area contributed by atoms with E-state index in [1.807, 2.05) is 12.1 Å². The van der Waals surface area contributed by atoms with Crippen LogP contribution in [0.5, 0.6) is 0 Å². The summed E-state index contributed by atoms with van der Waals surface area (Å²) in [5.74, 6) is 0.693. The van der Waals surface area contributed by atoms with Crippen molar-refractivity contribution < 1.29 is 13.2 Å². The summed E-state index contributed by atoms with van der Waals surface area (Å²) in [4.78, 5) is 18.3. The molecule has 1 aliphatic rings. The van der Waals surface area contributed by atoms with E-state index in [2.05, 4.69) is 68.5 Å². The zero-order valence-corrected chi connectivity index (χ0v) is 22.8. The molecule has 212 valence electrons. The lowest BCUT2D eigenvalue weighted by molar-refractivity contribution is -0.137. The average molecular weight is 561 g/mol. The second-order valence-electron chi connectivity index (χ2n) is 10.5. The molecular formula is C31H31F3N6O. The Balaban J connectivity index is 1.16. The second-order valence-corrected chi connectivity index (χ2v) is 10.5. The molecule has 0 saturated carbocycles. The molecule has 1 saturated heterocycles. The van der Waals surface area contributed by atoms with Crippen molar-refractivity contribution in [2.75, 3.05) is 32.7 Å². The molecule has 0 radical (unpaired) electrons. The van der Waals surface area contributed by atoms with Crippen molar-refractivity contribution >= 4 is 16.7 Å². The van der Waals surface area contributed by atoms with Gasteiger partial charge in [0.25, 0.3) is 5.56 Å². The molecular weight excluding hydrogens is 529 g/mol. The van der Waals surface area contributed by atoms with Crippen LogP contribution in [0.3, 0.4) is 0 Å². The molecule has 10 heteroatoms. The minimum absolute atomic E-state index is 0.168. The van der Waals surface area contributed by atoms with E-state index in [1.54, 1.807) is 6.92 Å². The number of piperazine rings is 1. The summed E-state index contributed by atoms with van der Waals surface area (Å²) < 4.78 is 43.2. The van der Waals surface area contributed by atoms with E-state index in [9.17, 15) is 18.0 Å². The van der Waals surface area contributed by atoms with Crippen molar-refractivity contribution in [1.29, 1.82) is 0 Å². The smallest absolute Gasteiger partial charge is 0.301 e. The van der Waals surface area contributed by atoms with Crippen LogP contribution in [0.1, 0.15) is 35.0 Å². The fourth-order valence-corrected chi connectivity index (χ4v) is 5.90. The summed E-state index contributed by atoms with van der Waals surface area (Å²) in [5.41, 5.74) is 1.56. The van der Waals surface area contributed by atoms with Crippen LogP contribution < -0.4 is 5.56 Å². The maximum Gasteiger partial charge on any atom is 0.416 e. The molecule has 0 aliphatic carbocycles. The van der Waals surface area contributed by atoms with Gasteiger partial charge in [0.15, 0.2) is 0 Å². The molecule has 5 aromatic rings. The molecule has 6 rings (SSSR count). The van der Waals surface area contributed by atoms with Gasteiger partial charge in [0.05, 0.1) is 22.5 Å². The van der Waals surface area contributed by atoms with E-state index >= 15 is 0 Å². The Labute approximate surface area is 235 Å². The van der Waals surface area contributed by atoms with Crippen LogP contribution in [-0.2, 0) is 12.7 Å². The third-order valence-corrected chi connectivity index (χ3v) is 7.95. The number of benzene rings is 3. The summed E-state index contributed by atoms with van der Waals surface area (Å²) in [5, 5.41) is 8.43. The Morgan fingerprint density at radius 2 is 1.46 bits per heavy atom. The van der Waals surface area contributed by atoms with E-state index in [1.165, 1.54) is 26.2 Å². The first-order valence-electron chi connectivity index (χ1n) is 13.8. The van der Waals surface area contributed by atoms with Crippen LogP contribution in [0.2, 0.25) is 0 Å². The van der Waals surface area contributed by atoms with Crippen LogP contribution in [0.25, 0.3) is 16.7 Å². The van der Waals surface area contributed by atoms with Gasteiger partial charge in [-0.3, -0.25) is 18.7 Å². The van der Waals surface area contributed by atoms with Crippen molar-refractivity contribution in [3.05, 3.63) is 112 Å². The molecule has 0 atom stereocenters. The molecule has 0 amide bonds. The third kappa shape index (κ3) is 5.37. The quantitative estimate of drug-likeness (QED) is 0.275. The van der Waals surface area contributed by atoms with E-state index in [0.717, 1.165) is 44.9 Å². The highest BCUT2D eigenvalue weighted by Crippen LogP contribution is 2.32. The van der Waals surface area contributed by atoms with Crippen molar-refractivity contribution in [3.8, 4) is 0 Å². The Morgan fingerprint density at radius 1 is 0.829 bits per heavy atom. The minimum atomic E-state index is -4.51. The van der Waals surface area contributed by atoms with E-state index in [4.69, 9.17) is 0 Å². The normalized spacial score (nSPS) is 15.3. The number of aromatic nitrogens is 4. The molecule has 0 spiro atoms. The predicted molar refractivity (Wildman–Crippen MR) is 152 cm³/mol. The van der Waals surface area contributed by atoms with Gasteiger partial charge in [-0.2, -0.15) is 13.2 Å². The maximum atomic E-state index is 13.4. The second kappa shape index (κ2) is 11.1. The van der Waals surface area contributed by atoms with Gasteiger partial charge in [0, 0.05) is 32.7 Å². The highest BCUT2D eigenvalue weighted by Gasteiger charge is 2.31. The maximum absolute atomic E-state index is 13.4. The highest BCUT2D eigenvalue weighted by molar-refractivity contribution is 5.81. The largest absolute Gasteiger partial charge is 0.416 e. The van der Waals surface area contributed by atoms with Gasteiger partial charge in [-0.05, 0) is 49.2 Å². The van der Waals surface area contributed by atoms with Crippen molar-refractivity contribution in [2.45, 2.75) is 32.1 Å². The summed E-state index contributed by atoms with van der Waals surface area (Å²) in [6.07, 6.45) is -3.81. The topological polar surface area (TPSA) is 58.7 Å². The monoisotopic (exact) mass is 560 g/mol. The first-order valence-corrected chi connectivity index (χ1v) is 13.8. The zero-order chi connectivity index (χ0) is 28.6. The standard InChI is InChI=1S/C31H31F3N6O/c1-22-35-36-30-39(29(41)26-14-13-25(31(32,33)34)21-27(26)40(22)30)16-8-15-37-17-19-38(20-18-37)28(23-9-4-2-5-10-23)24-11-6-3-7-12-24/h2-7,9-14,21,28H,8,15-20H2,1H3. The Kier molecular flexibility index (Phi) is 7.35. The number of hydrogen-bond donors (Lipinski definition) is 0. The Bertz CT molecular complexity index is 1670. The van der Waals surface area contributed by atoms with Gasteiger partial charge in [-0.1, -0.05) is 60.7 Å². The minimum Gasteiger partial charge on any atom is -0.301 e. The summed E-state index contributed by atoms with van der Waals surface area (Å²) in [7, 11) is 0. The third-order valence-electron chi connectivity index (χ3n) is 7.95. The molecule has 1 aliphatic heterocycles. The number of hydrogen-bond acceptors (Lipinski definition) is 5. The number of rotatable bonds is 7. The Morgan fingerprint density at radius 3 is 2.07 bits per heavy atom. The lowest BCUT2D eigenvalue weighted by Crippen LogP contribution is -2.48. The molecule has 0 unspecified atom stereocenters. The van der Waals surface area contributed by atoms with Crippen LogP contribution in [-0.4, -0.2) is 61.7 Å². The number of fused-ring (bicyclic) bond motifs is 3. The molecule has 0 bridgehead atoms. The fourth-order valence-electron chi connectivity index (χ4n) is 5.90. The molecule has 7 nitrogen and oxygen atoms in total. The van der Waals surface area contributed by atoms with Crippen LogP contribution in [0.15, 0.2) is 83.7 Å². The number of halogens is 3. The summed E-state index contributed by atoms with van der Waals surface area (Å²) in [6.45, 7) is 6.51. The number of nitrogens with zero attached hydrogens (tertiary/aromatic N) is 6.